The van der Waals surface area contributed by atoms with Crippen molar-refractivity contribution in [3.8, 4) is 0 Å². The number of nitrogens with zero attached hydrogens (tertiary/aromatic N) is 1. The Morgan fingerprint density at radius 2 is 1.90 bits per heavy atom. The Kier molecular flexibility index (Phi) is 4.85. The lowest BCUT2D eigenvalue weighted by Crippen LogP contribution is -2.23. The Morgan fingerprint density at radius 1 is 1.10 bits per heavy atom. The third-order valence-corrected chi connectivity index (χ3v) is 3.03. The van der Waals surface area contributed by atoms with Crippen LogP contribution >= 0.6 is 12.2 Å². The van der Waals surface area contributed by atoms with Crippen LogP contribution in [0.5, 0.6) is 0 Å². The zero-order valence-electron chi connectivity index (χ0n) is 11.6. The van der Waals surface area contributed by atoms with Gasteiger partial charge in [0.25, 0.3) is 0 Å². The van der Waals surface area contributed by atoms with Gasteiger partial charge in [-0.25, -0.2) is 0 Å². The molecule has 0 unspecified atom stereocenters. The molecular weight excluding hydrogens is 266 g/mol. The highest BCUT2D eigenvalue weighted by Gasteiger charge is 1.96. The van der Waals surface area contributed by atoms with Crippen LogP contribution in [0.15, 0.2) is 53.6 Å². The molecule has 102 valence electrons. The lowest BCUT2D eigenvalue weighted by Gasteiger charge is -2.07. The molecule has 2 aromatic carbocycles. The van der Waals surface area contributed by atoms with Gasteiger partial charge in [0.2, 0.25) is 0 Å². The van der Waals surface area contributed by atoms with Gasteiger partial charge in [0.1, 0.15) is 0 Å². The average molecular weight is 283 g/mol. The van der Waals surface area contributed by atoms with Crippen LogP contribution in [0, 0.1) is 13.8 Å². The molecule has 0 atom stereocenters. The largest absolute Gasteiger partial charge is 0.331 e. The molecule has 3 nitrogen and oxygen atoms in total. The predicted octanol–water partition coefficient (Wildman–Crippen LogP) is 3.62. The van der Waals surface area contributed by atoms with E-state index in [1.807, 2.05) is 62.4 Å². The van der Waals surface area contributed by atoms with Gasteiger partial charge < -0.3 is 5.32 Å². The fraction of sp³-hybridized carbons (Fsp3) is 0.125. The average Bonchev–Trinajstić information content (AvgIpc) is 2.41. The maximum absolute atomic E-state index is 5.19. The highest BCUT2D eigenvalue weighted by Crippen LogP contribution is 2.09. The van der Waals surface area contributed by atoms with Gasteiger partial charge in [-0.05, 0) is 54.9 Å². The van der Waals surface area contributed by atoms with E-state index in [0.29, 0.717) is 5.11 Å². The SMILES string of the molecule is Cc1cccc(NC(=S)N/N=C\c2ccccc2C)c1. The second kappa shape index (κ2) is 6.82. The summed E-state index contributed by atoms with van der Waals surface area (Å²) >= 11 is 5.19. The second-order valence-corrected chi connectivity index (χ2v) is 4.96. The van der Waals surface area contributed by atoms with Crippen LogP contribution in [0.2, 0.25) is 0 Å². The summed E-state index contributed by atoms with van der Waals surface area (Å²) in [5.41, 5.74) is 7.19. The predicted molar refractivity (Wildman–Crippen MR) is 89.3 cm³/mol. The first-order valence-electron chi connectivity index (χ1n) is 6.37. The van der Waals surface area contributed by atoms with Crippen molar-refractivity contribution < 1.29 is 0 Å². The molecule has 0 bridgehead atoms. The number of nitrogens with one attached hydrogen (secondary N) is 2. The number of anilines is 1. The summed E-state index contributed by atoms with van der Waals surface area (Å²) in [6.07, 6.45) is 1.76. The minimum atomic E-state index is 0.473. The fourth-order valence-corrected chi connectivity index (χ4v) is 1.94. The van der Waals surface area contributed by atoms with E-state index in [1.165, 1.54) is 11.1 Å². The van der Waals surface area contributed by atoms with E-state index in [2.05, 4.69) is 15.8 Å². The van der Waals surface area contributed by atoms with E-state index in [0.717, 1.165) is 11.3 Å². The van der Waals surface area contributed by atoms with Crippen LogP contribution in [-0.2, 0) is 0 Å². The molecule has 0 aliphatic heterocycles. The van der Waals surface area contributed by atoms with Crippen molar-refractivity contribution in [3.05, 3.63) is 65.2 Å². The molecule has 4 heteroatoms. The normalized spacial score (nSPS) is 10.5. The molecule has 0 aromatic heterocycles. The summed E-state index contributed by atoms with van der Waals surface area (Å²) < 4.78 is 0. The van der Waals surface area contributed by atoms with Crippen molar-refractivity contribution in [1.82, 2.24) is 5.43 Å². The van der Waals surface area contributed by atoms with Gasteiger partial charge in [0.15, 0.2) is 5.11 Å². The molecule has 2 rings (SSSR count). The van der Waals surface area contributed by atoms with Crippen LogP contribution in [0.1, 0.15) is 16.7 Å². The minimum absolute atomic E-state index is 0.473. The summed E-state index contributed by atoms with van der Waals surface area (Å²) in [5, 5.41) is 7.71. The molecule has 0 heterocycles. The van der Waals surface area contributed by atoms with Gasteiger partial charge in [0, 0.05) is 5.69 Å². The van der Waals surface area contributed by atoms with Gasteiger partial charge in [-0.2, -0.15) is 5.10 Å². The molecule has 0 fully saturated rings. The van der Waals surface area contributed by atoms with Crippen molar-refractivity contribution in [2.45, 2.75) is 13.8 Å². The monoisotopic (exact) mass is 283 g/mol. The zero-order valence-corrected chi connectivity index (χ0v) is 12.4. The minimum Gasteiger partial charge on any atom is -0.331 e. The van der Waals surface area contributed by atoms with E-state index in [4.69, 9.17) is 12.2 Å². The van der Waals surface area contributed by atoms with Gasteiger partial charge in [-0.15, -0.1) is 0 Å². The van der Waals surface area contributed by atoms with Gasteiger partial charge in [0.05, 0.1) is 6.21 Å². The third kappa shape index (κ3) is 4.17. The molecule has 0 saturated heterocycles. The van der Waals surface area contributed by atoms with E-state index < -0.39 is 0 Å². The molecule has 0 amide bonds. The van der Waals surface area contributed by atoms with Crippen molar-refractivity contribution in [2.75, 3.05) is 5.32 Å². The molecule has 2 aromatic rings. The first-order valence-corrected chi connectivity index (χ1v) is 6.78. The smallest absolute Gasteiger partial charge is 0.191 e. The van der Waals surface area contributed by atoms with E-state index in [1.54, 1.807) is 6.21 Å². The Labute approximate surface area is 124 Å². The first kappa shape index (κ1) is 14.2. The molecule has 20 heavy (non-hydrogen) atoms. The Bertz CT molecular complexity index is 635. The lowest BCUT2D eigenvalue weighted by molar-refractivity contribution is 1.05. The van der Waals surface area contributed by atoms with Crippen molar-refractivity contribution in [1.29, 1.82) is 0 Å². The summed E-state index contributed by atoms with van der Waals surface area (Å²) in [5.74, 6) is 0. The highest BCUT2D eigenvalue weighted by atomic mass is 32.1. The Hall–Kier alpha value is -2.20. The van der Waals surface area contributed by atoms with Crippen LogP contribution in [0.25, 0.3) is 0 Å². The number of hydrogen-bond donors (Lipinski definition) is 2. The number of hydrazone groups is 1. The summed E-state index contributed by atoms with van der Waals surface area (Å²) in [6, 6.07) is 16.1. The number of hydrogen-bond acceptors (Lipinski definition) is 2. The molecule has 0 aliphatic rings. The molecule has 0 saturated carbocycles. The van der Waals surface area contributed by atoms with Crippen LogP contribution in [0.4, 0.5) is 5.69 Å². The highest BCUT2D eigenvalue weighted by molar-refractivity contribution is 7.80. The lowest BCUT2D eigenvalue weighted by atomic mass is 10.1. The summed E-state index contributed by atoms with van der Waals surface area (Å²) in [6.45, 7) is 4.09. The molecule has 2 N–H and O–H groups in total. The molecule has 0 radical (unpaired) electrons. The van der Waals surface area contributed by atoms with Crippen molar-refractivity contribution in [2.24, 2.45) is 5.10 Å². The van der Waals surface area contributed by atoms with E-state index >= 15 is 0 Å². The number of benzene rings is 2. The molecular formula is C16H17N3S. The van der Waals surface area contributed by atoms with Crippen molar-refractivity contribution in [3.63, 3.8) is 0 Å². The van der Waals surface area contributed by atoms with Crippen LogP contribution < -0.4 is 10.7 Å². The van der Waals surface area contributed by atoms with E-state index in [-0.39, 0.29) is 0 Å². The zero-order chi connectivity index (χ0) is 14.4. The molecule has 0 aliphatic carbocycles. The Morgan fingerprint density at radius 3 is 2.65 bits per heavy atom. The summed E-state index contributed by atoms with van der Waals surface area (Å²) in [4.78, 5) is 0. The summed E-state index contributed by atoms with van der Waals surface area (Å²) in [7, 11) is 0. The number of thiocarbonyl (C=S) groups is 1. The topological polar surface area (TPSA) is 36.4 Å². The van der Waals surface area contributed by atoms with Crippen LogP contribution in [-0.4, -0.2) is 11.3 Å². The maximum atomic E-state index is 5.19. The standard InChI is InChI=1S/C16H17N3S/c1-12-6-5-9-15(10-12)18-16(20)19-17-11-14-8-4-3-7-13(14)2/h3-11H,1-2H3,(H2,18,19,20)/b17-11-. The number of rotatable bonds is 3. The van der Waals surface area contributed by atoms with Crippen molar-refractivity contribution >= 4 is 29.2 Å². The van der Waals surface area contributed by atoms with E-state index in [9.17, 15) is 0 Å². The second-order valence-electron chi connectivity index (χ2n) is 4.55. The first-order chi connectivity index (χ1) is 9.65. The number of aryl methyl sites for hydroxylation is 2. The van der Waals surface area contributed by atoms with Gasteiger partial charge in [-0.3, -0.25) is 5.43 Å². The quantitative estimate of drug-likeness (QED) is 0.513. The van der Waals surface area contributed by atoms with Gasteiger partial charge in [-0.1, -0.05) is 36.4 Å². The molecule has 0 spiro atoms. The maximum Gasteiger partial charge on any atom is 0.191 e. The van der Waals surface area contributed by atoms with Gasteiger partial charge >= 0.3 is 0 Å². The fourth-order valence-electron chi connectivity index (χ4n) is 1.77. The third-order valence-electron chi connectivity index (χ3n) is 2.83. The Balaban J connectivity index is 1.91. The van der Waals surface area contributed by atoms with Crippen LogP contribution in [0.3, 0.4) is 0 Å².